The van der Waals surface area contributed by atoms with Crippen molar-refractivity contribution in [3.05, 3.63) is 0 Å². The Morgan fingerprint density at radius 1 is 1.18 bits per heavy atom. The number of hydrogen-bond acceptors (Lipinski definition) is 4. The van der Waals surface area contributed by atoms with Crippen LogP contribution in [-0.4, -0.2) is 30.6 Å². The highest BCUT2D eigenvalue weighted by molar-refractivity contribution is 5.87. The van der Waals surface area contributed by atoms with Crippen LogP contribution in [0.15, 0.2) is 5.10 Å². The predicted octanol–water partition coefficient (Wildman–Crippen LogP) is 0.380. The lowest BCUT2D eigenvalue weighted by Crippen LogP contribution is -2.29. The van der Waals surface area contributed by atoms with Crippen molar-refractivity contribution in [1.82, 2.24) is 10.7 Å². The van der Waals surface area contributed by atoms with E-state index in [-0.39, 0.29) is 11.8 Å². The maximum Gasteiger partial charge on any atom is 0.236 e. The lowest BCUT2D eigenvalue weighted by Gasteiger charge is -2.03. The van der Waals surface area contributed by atoms with Gasteiger partial charge in [0.2, 0.25) is 11.8 Å². The van der Waals surface area contributed by atoms with Crippen molar-refractivity contribution < 1.29 is 9.59 Å². The van der Waals surface area contributed by atoms with Gasteiger partial charge >= 0.3 is 0 Å². The van der Waals surface area contributed by atoms with Crippen molar-refractivity contribution in [2.24, 2.45) is 10.8 Å². The van der Waals surface area contributed by atoms with Gasteiger partial charge < -0.3 is 11.1 Å². The van der Waals surface area contributed by atoms with Gasteiger partial charge in [-0.15, -0.1) is 0 Å². The van der Waals surface area contributed by atoms with Crippen LogP contribution >= 0.6 is 0 Å². The summed E-state index contributed by atoms with van der Waals surface area (Å²) in [5.74, 6) is -0.278. The second-order valence-electron chi connectivity index (χ2n) is 3.15. The van der Waals surface area contributed by atoms with E-state index in [1.165, 1.54) is 6.92 Å². The minimum absolute atomic E-state index is 0.0576. The quantitative estimate of drug-likeness (QED) is 0.465. The Bertz CT molecular complexity index is 252. The van der Waals surface area contributed by atoms with Gasteiger partial charge in [0.15, 0.2) is 0 Å². The van der Waals surface area contributed by atoms with Gasteiger partial charge in [-0.1, -0.05) is 13.8 Å². The minimum Gasteiger partial charge on any atom is -0.355 e. The van der Waals surface area contributed by atoms with Crippen LogP contribution in [0, 0.1) is 0 Å². The molecule has 0 radical (unpaired) electrons. The second kappa shape index (κ2) is 12.6. The van der Waals surface area contributed by atoms with Crippen LogP contribution in [0.25, 0.3) is 0 Å². The number of carbonyl (C=O) groups excluding carboxylic acids is 2. The summed E-state index contributed by atoms with van der Waals surface area (Å²) in [6, 6.07) is 0. The van der Waals surface area contributed by atoms with Crippen LogP contribution in [0.2, 0.25) is 0 Å². The highest BCUT2D eigenvalue weighted by atomic mass is 16.2. The molecule has 0 aromatic carbocycles. The zero-order valence-corrected chi connectivity index (χ0v) is 11.2. The van der Waals surface area contributed by atoms with Crippen molar-refractivity contribution in [2.45, 2.75) is 40.5 Å². The van der Waals surface area contributed by atoms with E-state index in [0.717, 1.165) is 0 Å². The molecule has 0 aromatic rings. The molecule has 0 saturated carbocycles. The predicted molar refractivity (Wildman–Crippen MR) is 69.6 cm³/mol. The molecule has 0 aromatic heterocycles. The Kier molecular flexibility index (Phi) is 13.3. The maximum absolute atomic E-state index is 11.1. The standard InChI is InChI=1S/C9H18N4O2.C2H6/c1-7(12-13-8(2)14)3-4-9(15)11-6-5-10;1-2/h3-6,10H2,1-2H3,(H,11,15)(H,13,14);1-2H3/b12-7-;. The van der Waals surface area contributed by atoms with Crippen LogP contribution in [-0.2, 0) is 9.59 Å². The van der Waals surface area contributed by atoms with E-state index in [1.54, 1.807) is 6.92 Å². The Labute approximate surface area is 103 Å². The molecule has 0 aliphatic carbocycles. The van der Waals surface area contributed by atoms with E-state index < -0.39 is 0 Å². The number of hydrogen-bond donors (Lipinski definition) is 3. The van der Waals surface area contributed by atoms with Crippen molar-refractivity contribution in [3.63, 3.8) is 0 Å². The molecule has 0 heterocycles. The van der Waals surface area contributed by atoms with Crippen molar-refractivity contribution >= 4 is 17.5 Å². The van der Waals surface area contributed by atoms with Gasteiger partial charge in [-0.05, 0) is 13.3 Å². The number of carbonyl (C=O) groups is 2. The molecule has 0 unspecified atom stereocenters. The van der Waals surface area contributed by atoms with E-state index >= 15 is 0 Å². The third-order valence-corrected chi connectivity index (χ3v) is 1.58. The lowest BCUT2D eigenvalue weighted by atomic mass is 10.2. The molecule has 17 heavy (non-hydrogen) atoms. The van der Waals surface area contributed by atoms with Gasteiger partial charge in [0.1, 0.15) is 0 Å². The molecule has 0 saturated heterocycles. The Morgan fingerprint density at radius 2 is 1.76 bits per heavy atom. The SMILES string of the molecule is CC.CC(=O)N/N=C(/C)CCC(=O)NCCN. The van der Waals surface area contributed by atoms with Crippen LogP contribution in [0.3, 0.4) is 0 Å². The maximum atomic E-state index is 11.1. The summed E-state index contributed by atoms with van der Waals surface area (Å²) in [4.78, 5) is 21.7. The molecule has 0 spiro atoms. The molecule has 4 N–H and O–H groups in total. The Hall–Kier alpha value is -1.43. The average molecular weight is 244 g/mol. The van der Waals surface area contributed by atoms with Gasteiger partial charge in [0.05, 0.1) is 0 Å². The van der Waals surface area contributed by atoms with Crippen molar-refractivity contribution in [1.29, 1.82) is 0 Å². The van der Waals surface area contributed by atoms with Crippen LogP contribution in [0.4, 0.5) is 0 Å². The second-order valence-corrected chi connectivity index (χ2v) is 3.15. The third kappa shape index (κ3) is 14.6. The van der Waals surface area contributed by atoms with Gasteiger partial charge in [-0.2, -0.15) is 5.10 Å². The zero-order valence-electron chi connectivity index (χ0n) is 11.2. The molecule has 6 heteroatoms. The summed E-state index contributed by atoms with van der Waals surface area (Å²) >= 11 is 0. The fraction of sp³-hybridized carbons (Fsp3) is 0.727. The van der Waals surface area contributed by atoms with E-state index in [2.05, 4.69) is 15.8 Å². The number of nitrogens with two attached hydrogens (primary N) is 1. The van der Waals surface area contributed by atoms with E-state index in [0.29, 0.717) is 31.6 Å². The van der Waals surface area contributed by atoms with Gasteiger partial charge in [-0.3, -0.25) is 9.59 Å². The number of nitrogens with zero attached hydrogens (tertiary/aromatic N) is 1. The monoisotopic (exact) mass is 244 g/mol. The van der Waals surface area contributed by atoms with E-state index in [1.807, 2.05) is 13.8 Å². The smallest absolute Gasteiger partial charge is 0.236 e. The molecular formula is C11H24N4O2. The number of nitrogens with one attached hydrogen (secondary N) is 2. The number of rotatable bonds is 6. The first-order chi connectivity index (χ1) is 8.06. The lowest BCUT2D eigenvalue weighted by molar-refractivity contribution is -0.121. The highest BCUT2D eigenvalue weighted by Gasteiger charge is 2.01. The molecule has 0 aliphatic rings. The van der Waals surface area contributed by atoms with E-state index in [9.17, 15) is 9.59 Å². The van der Waals surface area contributed by atoms with Crippen molar-refractivity contribution in [2.75, 3.05) is 13.1 Å². The van der Waals surface area contributed by atoms with Gasteiger partial charge in [-0.25, -0.2) is 5.43 Å². The molecule has 0 rings (SSSR count). The fourth-order valence-corrected chi connectivity index (χ4v) is 0.824. The topological polar surface area (TPSA) is 96.6 Å². The molecule has 0 bridgehead atoms. The average Bonchev–Trinajstić information content (AvgIpc) is 2.33. The third-order valence-electron chi connectivity index (χ3n) is 1.58. The summed E-state index contributed by atoms with van der Waals surface area (Å²) in [6.45, 7) is 8.06. The fourth-order valence-electron chi connectivity index (χ4n) is 0.824. The summed E-state index contributed by atoms with van der Waals surface area (Å²) in [6.07, 6.45) is 0.881. The Balaban J connectivity index is 0. The van der Waals surface area contributed by atoms with Crippen LogP contribution in [0.5, 0.6) is 0 Å². The molecule has 0 fully saturated rings. The van der Waals surface area contributed by atoms with Gasteiger partial charge in [0, 0.05) is 32.1 Å². The normalized spacial score (nSPS) is 10.1. The summed E-state index contributed by atoms with van der Waals surface area (Å²) in [7, 11) is 0. The van der Waals surface area contributed by atoms with Crippen LogP contribution < -0.4 is 16.5 Å². The molecule has 100 valence electrons. The molecular weight excluding hydrogens is 220 g/mol. The molecule has 0 aliphatic heterocycles. The first-order valence-electron chi connectivity index (χ1n) is 5.82. The first-order valence-corrected chi connectivity index (χ1v) is 5.82. The number of amides is 2. The zero-order chi connectivity index (χ0) is 13.7. The Morgan fingerprint density at radius 3 is 2.24 bits per heavy atom. The first kappa shape index (κ1) is 17.9. The summed E-state index contributed by atoms with van der Waals surface area (Å²) in [5, 5.41) is 6.43. The minimum atomic E-state index is -0.220. The molecule has 6 nitrogen and oxygen atoms in total. The van der Waals surface area contributed by atoms with E-state index in [4.69, 9.17) is 5.73 Å². The molecule has 0 atom stereocenters. The summed E-state index contributed by atoms with van der Waals surface area (Å²) < 4.78 is 0. The van der Waals surface area contributed by atoms with Gasteiger partial charge in [0.25, 0.3) is 0 Å². The van der Waals surface area contributed by atoms with Crippen molar-refractivity contribution in [3.8, 4) is 0 Å². The number of hydrazone groups is 1. The molecule has 2 amide bonds. The van der Waals surface area contributed by atoms with Crippen LogP contribution in [0.1, 0.15) is 40.5 Å². The summed E-state index contributed by atoms with van der Waals surface area (Å²) in [5.41, 5.74) is 8.25. The largest absolute Gasteiger partial charge is 0.355 e. The highest BCUT2D eigenvalue weighted by Crippen LogP contribution is 1.92.